The van der Waals surface area contributed by atoms with Crippen LogP contribution in [0.3, 0.4) is 0 Å². The molecule has 4 heteroatoms. The zero-order valence-corrected chi connectivity index (χ0v) is 8.49. The first-order valence-corrected chi connectivity index (χ1v) is 5.13. The van der Waals surface area contributed by atoms with Crippen LogP contribution in [0.4, 0.5) is 0 Å². The number of nitrogens with zero attached hydrogens (tertiary/aromatic N) is 2. The smallest absolute Gasteiger partial charge is 0.221 e. The Morgan fingerprint density at radius 2 is 2.07 bits per heavy atom. The first-order chi connectivity index (χ1) is 7.31. The minimum Gasteiger partial charge on any atom is -0.286 e. The second-order valence-electron chi connectivity index (χ2n) is 2.86. The molecule has 0 amide bonds. The van der Waals surface area contributed by atoms with Crippen LogP contribution >= 0.6 is 11.3 Å². The summed E-state index contributed by atoms with van der Waals surface area (Å²) in [5.74, 6) is -0.102. The fraction of sp³-hybridized carbons (Fsp3) is 0. The lowest BCUT2D eigenvalue weighted by atomic mass is 10.1. The summed E-state index contributed by atoms with van der Waals surface area (Å²) in [4.78, 5) is 15.7. The molecule has 0 N–H and O–H groups in total. The first kappa shape index (κ1) is 9.56. The molecule has 0 aliphatic carbocycles. The fourth-order valence-electron chi connectivity index (χ4n) is 1.16. The highest BCUT2D eigenvalue weighted by Gasteiger charge is 2.10. The third-order valence-corrected chi connectivity index (χ3v) is 2.67. The Bertz CT molecular complexity index is 509. The highest BCUT2D eigenvalue weighted by Crippen LogP contribution is 2.12. The molecule has 0 saturated heterocycles. The van der Waals surface area contributed by atoms with Crippen LogP contribution in [0.15, 0.2) is 35.8 Å². The summed E-state index contributed by atoms with van der Waals surface area (Å²) in [5.41, 5.74) is 1.11. The Labute approximate surface area is 90.6 Å². The van der Waals surface area contributed by atoms with Crippen molar-refractivity contribution in [3.8, 4) is 6.07 Å². The van der Waals surface area contributed by atoms with Gasteiger partial charge >= 0.3 is 0 Å². The summed E-state index contributed by atoms with van der Waals surface area (Å²) < 4.78 is 0. The molecule has 2 rings (SSSR count). The van der Waals surface area contributed by atoms with Gasteiger partial charge in [0.05, 0.1) is 11.6 Å². The lowest BCUT2D eigenvalue weighted by molar-refractivity contribution is 0.103. The van der Waals surface area contributed by atoms with Gasteiger partial charge in [-0.05, 0) is 24.3 Å². The first-order valence-electron chi connectivity index (χ1n) is 4.25. The van der Waals surface area contributed by atoms with Gasteiger partial charge in [-0.2, -0.15) is 5.26 Å². The molecule has 2 aromatic rings. The van der Waals surface area contributed by atoms with E-state index in [9.17, 15) is 4.79 Å². The number of benzene rings is 1. The number of aromatic nitrogens is 1. The summed E-state index contributed by atoms with van der Waals surface area (Å²) in [6.07, 6.45) is 1.60. The highest BCUT2D eigenvalue weighted by molar-refractivity contribution is 7.11. The Morgan fingerprint density at radius 3 is 2.60 bits per heavy atom. The zero-order chi connectivity index (χ0) is 10.7. The Morgan fingerprint density at radius 1 is 1.33 bits per heavy atom. The number of hydrogen-bond donors (Lipinski definition) is 0. The Hall–Kier alpha value is -1.99. The quantitative estimate of drug-likeness (QED) is 0.720. The summed E-state index contributed by atoms with van der Waals surface area (Å²) in [6, 6.07) is 8.54. The van der Waals surface area contributed by atoms with E-state index in [0.717, 1.165) is 0 Å². The molecule has 1 aromatic heterocycles. The number of thiazole rings is 1. The van der Waals surface area contributed by atoms with Crippen LogP contribution in [-0.4, -0.2) is 10.8 Å². The van der Waals surface area contributed by atoms with Gasteiger partial charge in [0.2, 0.25) is 5.78 Å². The molecule has 0 aliphatic heterocycles. The molecule has 1 heterocycles. The summed E-state index contributed by atoms with van der Waals surface area (Å²) >= 11 is 1.31. The molecular formula is C11H6N2OS. The van der Waals surface area contributed by atoms with E-state index in [2.05, 4.69) is 4.98 Å². The summed E-state index contributed by atoms with van der Waals surface area (Å²) in [7, 11) is 0. The molecule has 0 bridgehead atoms. The summed E-state index contributed by atoms with van der Waals surface area (Å²) in [6.45, 7) is 0. The molecule has 0 atom stereocenters. The lowest BCUT2D eigenvalue weighted by Gasteiger charge is -1.96. The van der Waals surface area contributed by atoms with Crippen LogP contribution in [0.2, 0.25) is 0 Å². The maximum absolute atomic E-state index is 11.8. The molecule has 1 aromatic carbocycles. The normalized spacial score (nSPS) is 9.53. The van der Waals surface area contributed by atoms with Gasteiger partial charge in [-0.3, -0.25) is 4.79 Å². The molecule has 0 fully saturated rings. The van der Waals surface area contributed by atoms with Crippen LogP contribution < -0.4 is 0 Å². The minimum atomic E-state index is -0.102. The largest absolute Gasteiger partial charge is 0.286 e. The molecule has 0 aliphatic rings. The SMILES string of the molecule is N#Cc1ccc(C(=O)c2nccs2)cc1. The predicted molar refractivity (Wildman–Crippen MR) is 56.7 cm³/mol. The van der Waals surface area contributed by atoms with E-state index in [1.807, 2.05) is 6.07 Å². The van der Waals surface area contributed by atoms with E-state index in [0.29, 0.717) is 16.1 Å². The highest BCUT2D eigenvalue weighted by atomic mass is 32.1. The molecule has 0 spiro atoms. The predicted octanol–water partition coefficient (Wildman–Crippen LogP) is 2.25. The second kappa shape index (κ2) is 4.03. The minimum absolute atomic E-state index is 0.102. The van der Waals surface area contributed by atoms with Crippen LogP contribution in [0.25, 0.3) is 0 Å². The van der Waals surface area contributed by atoms with Crippen molar-refractivity contribution in [2.45, 2.75) is 0 Å². The molecule has 0 radical (unpaired) electrons. The average molecular weight is 214 g/mol. The number of carbonyl (C=O) groups is 1. The van der Waals surface area contributed by atoms with Gasteiger partial charge in [-0.25, -0.2) is 4.98 Å². The maximum Gasteiger partial charge on any atom is 0.221 e. The molecular weight excluding hydrogens is 208 g/mol. The standard InChI is InChI=1S/C11H6N2OS/c12-7-8-1-3-9(4-2-8)10(14)11-13-5-6-15-11/h1-6H. The van der Waals surface area contributed by atoms with Gasteiger partial charge in [0, 0.05) is 17.1 Å². The van der Waals surface area contributed by atoms with Gasteiger partial charge in [-0.1, -0.05) is 0 Å². The second-order valence-corrected chi connectivity index (χ2v) is 3.75. The van der Waals surface area contributed by atoms with E-state index in [4.69, 9.17) is 5.26 Å². The van der Waals surface area contributed by atoms with Crippen molar-refractivity contribution >= 4 is 17.1 Å². The fourth-order valence-corrected chi connectivity index (χ4v) is 1.75. The number of nitriles is 1. The van der Waals surface area contributed by atoms with E-state index in [-0.39, 0.29) is 5.78 Å². The van der Waals surface area contributed by atoms with Crippen molar-refractivity contribution in [1.82, 2.24) is 4.98 Å². The van der Waals surface area contributed by atoms with Crippen LogP contribution in [0.5, 0.6) is 0 Å². The van der Waals surface area contributed by atoms with Crippen molar-refractivity contribution in [2.75, 3.05) is 0 Å². The molecule has 3 nitrogen and oxygen atoms in total. The van der Waals surface area contributed by atoms with Crippen molar-refractivity contribution in [3.63, 3.8) is 0 Å². The van der Waals surface area contributed by atoms with E-state index < -0.39 is 0 Å². The van der Waals surface area contributed by atoms with Crippen molar-refractivity contribution in [2.24, 2.45) is 0 Å². The number of carbonyl (C=O) groups excluding carboxylic acids is 1. The summed E-state index contributed by atoms with van der Waals surface area (Å²) in [5, 5.41) is 10.8. The molecule has 72 valence electrons. The molecule has 15 heavy (non-hydrogen) atoms. The van der Waals surface area contributed by atoms with Crippen LogP contribution in [0.1, 0.15) is 20.9 Å². The van der Waals surface area contributed by atoms with E-state index >= 15 is 0 Å². The number of ketones is 1. The third-order valence-electron chi connectivity index (χ3n) is 1.90. The van der Waals surface area contributed by atoms with Gasteiger partial charge in [-0.15, -0.1) is 11.3 Å². The Balaban J connectivity index is 2.32. The number of rotatable bonds is 2. The van der Waals surface area contributed by atoms with E-state index in [1.165, 1.54) is 11.3 Å². The van der Waals surface area contributed by atoms with Gasteiger partial charge in [0.15, 0.2) is 5.01 Å². The monoisotopic (exact) mass is 214 g/mol. The lowest BCUT2D eigenvalue weighted by Crippen LogP contribution is -1.99. The van der Waals surface area contributed by atoms with Crippen molar-refractivity contribution in [1.29, 1.82) is 5.26 Å². The average Bonchev–Trinajstić information content (AvgIpc) is 2.82. The number of hydrogen-bond acceptors (Lipinski definition) is 4. The maximum atomic E-state index is 11.8. The molecule has 0 saturated carbocycles. The van der Waals surface area contributed by atoms with Crippen LogP contribution in [0, 0.1) is 11.3 Å². The van der Waals surface area contributed by atoms with Crippen molar-refractivity contribution in [3.05, 3.63) is 52.0 Å². The van der Waals surface area contributed by atoms with Gasteiger partial charge < -0.3 is 0 Å². The van der Waals surface area contributed by atoms with Gasteiger partial charge in [0.25, 0.3) is 0 Å². The van der Waals surface area contributed by atoms with E-state index in [1.54, 1.807) is 35.8 Å². The van der Waals surface area contributed by atoms with Gasteiger partial charge in [0.1, 0.15) is 0 Å². The van der Waals surface area contributed by atoms with Crippen LogP contribution in [-0.2, 0) is 0 Å². The molecule has 0 unspecified atom stereocenters. The third kappa shape index (κ3) is 1.92. The zero-order valence-electron chi connectivity index (χ0n) is 7.68. The van der Waals surface area contributed by atoms with Crippen molar-refractivity contribution < 1.29 is 4.79 Å². The Kier molecular flexibility index (Phi) is 2.57. The topological polar surface area (TPSA) is 53.8 Å².